The van der Waals surface area contributed by atoms with Crippen molar-refractivity contribution in [3.05, 3.63) is 204 Å². The molecule has 0 unspecified atom stereocenters. The van der Waals surface area contributed by atoms with E-state index in [0.29, 0.717) is 31.2 Å². The van der Waals surface area contributed by atoms with Gasteiger partial charge in [-0.05, 0) is 57.6 Å². The van der Waals surface area contributed by atoms with Crippen LogP contribution in [0.3, 0.4) is 0 Å². The van der Waals surface area contributed by atoms with Gasteiger partial charge < -0.3 is 14.6 Å². The van der Waals surface area contributed by atoms with Crippen LogP contribution in [0.4, 0.5) is 0 Å². The largest absolute Gasteiger partial charge is 0.494 e. The van der Waals surface area contributed by atoms with Gasteiger partial charge in [0.15, 0.2) is 11.6 Å². The van der Waals surface area contributed by atoms with Crippen LogP contribution < -0.4 is 15.6 Å². The van der Waals surface area contributed by atoms with Gasteiger partial charge in [-0.25, -0.2) is 10.4 Å². The summed E-state index contributed by atoms with van der Waals surface area (Å²) in [6.07, 6.45) is 4.10. The number of hydrogen-bond acceptors (Lipinski definition) is 6. The molecule has 7 nitrogen and oxygen atoms in total. The first-order chi connectivity index (χ1) is 27.1. The van der Waals surface area contributed by atoms with Crippen LogP contribution in [0.5, 0.6) is 5.75 Å². The number of aliphatic imine (C=N–C) groups is 1. The van der Waals surface area contributed by atoms with Crippen molar-refractivity contribution in [1.29, 1.82) is 0 Å². The summed E-state index contributed by atoms with van der Waals surface area (Å²) in [6, 6.07) is 56.5. The number of benzene rings is 6. The van der Waals surface area contributed by atoms with Crippen LogP contribution >= 0.6 is 0 Å². The van der Waals surface area contributed by atoms with Crippen molar-refractivity contribution in [3.63, 3.8) is 0 Å². The molecular weight excluding hydrogens is 683 g/mol. The number of aliphatic hydroxyl groups is 1. The molecule has 3 N–H and O–H groups in total. The number of carbonyl (C=O) groups excluding carboxylic acids is 1. The predicted octanol–water partition coefficient (Wildman–Crippen LogP) is 8.93. The molecule has 0 aromatic heterocycles. The highest BCUT2D eigenvalue weighted by Gasteiger charge is 2.52. The molecule has 2 atom stereocenters. The molecule has 55 heavy (non-hydrogen) atoms. The monoisotopic (exact) mass is 727 g/mol. The zero-order valence-electron chi connectivity index (χ0n) is 30.6. The van der Waals surface area contributed by atoms with Crippen LogP contribution in [0.2, 0.25) is 0 Å². The lowest BCUT2D eigenvalue weighted by atomic mass is 9.84. The first-order valence-electron chi connectivity index (χ1n) is 18.7. The van der Waals surface area contributed by atoms with E-state index in [1.807, 2.05) is 133 Å². The molecule has 6 aromatic rings. The fourth-order valence-corrected chi connectivity index (χ4v) is 6.88. The molecule has 0 fully saturated rings. The van der Waals surface area contributed by atoms with E-state index in [4.69, 9.17) is 14.5 Å². The molecule has 1 aliphatic rings. The maximum atomic E-state index is 14.9. The summed E-state index contributed by atoms with van der Waals surface area (Å²) in [4.78, 5) is 20.1. The molecule has 0 bridgehead atoms. The number of carbonyl (C=O) groups is 1. The van der Waals surface area contributed by atoms with E-state index in [0.717, 1.165) is 38.9 Å². The standard InChI is InChI=1S/C48H45N3O4/c52-33-14-34-54-43-30-28-42(29-31-43)46-50-48(32-13-17-36-15-5-1-6-16-36,45(55-46)41-26-24-38(25-27-41)37-18-7-2-8-19-37)47(53)51-49-35-44(39-20-9-3-10-21-39)40-22-11-4-12-23-40/h1-13,15-31,44-45,49,52H,14,32-35H2,(H,51,53)/b17-13+/t45-,48-/m0/s1. The summed E-state index contributed by atoms with van der Waals surface area (Å²) < 4.78 is 12.6. The normalized spacial score (nSPS) is 16.5. The Hall–Kier alpha value is -6.28. The molecule has 1 amide bonds. The molecule has 7 heteroatoms. The number of hydrazine groups is 1. The summed E-state index contributed by atoms with van der Waals surface area (Å²) in [5.41, 5.74) is 12.0. The number of amides is 1. The fraction of sp³-hybridized carbons (Fsp3) is 0.167. The number of hydrogen-bond donors (Lipinski definition) is 3. The highest BCUT2D eigenvalue weighted by atomic mass is 16.5. The average Bonchev–Trinajstić information content (AvgIpc) is 3.65. The highest BCUT2D eigenvalue weighted by molar-refractivity contribution is 6.01. The van der Waals surface area contributed by atoms with E-state index in [-0.39, 0.29) is 24.9 Å². The lowest BCUT2D eigenvalue weighted by molar-refractivity contribution is -0.129. The van der Waals surface area contributed by atoms with Crippen LogP contribution in [0, 0.1) is 0 Å². The average molecular weight is 728 g/mol. The molecule has 0 radical (unpaired) electrons. The first kappa shape index (κ1) is 37.1. The van der Waals surface area contributed by atoms with Crippen molar-refractivity contribution in [1.82, 2.24) is 10.9 Å². The van der Waals surface area contributed by atoms with Crippen LogP contribution in [0.25, 0.3) is 17.2 Å². The van der Waals surface area contributed by atoms with Gasteiger partial charge in [0.05, 0.1) is 6.61 Å². The summed E-state index contributed by atoms with van der Waals surface area (Å²) in [5, 5.41) is 9.18. The van der Waals surface area contributed by atoms with E-state index in [1.54, 1.807) is 0 Å². The molecular formula is C48H45N3O4. The Morgan fingerprint density at radius 1 is 0.727 bits per heavy atom. The Kier molecular flexibility index (Phi) is 12.2. The van der Waals surface area contributed by atoms with Crippen LogP contribution in [0.1, 0.15) is 52.7 Å². The van der Waals surface area contributed by atoms with Gasteiger partial charge in [0.1, 0.15) is 5.75 Å². The Morgan fingerprint density at radius 2 is 1.29 bits per heavy atom. The Labute approximate surface area is 323 Å². The van der Waals surface area contributed by atoms with Gasteiger partial charge in [-0.3, -0.25) is 10.2 Å². The Balaban J connectivity index is 1.23. The van der Waals surface area contributed by atoms with Crippen molar-refractivity contribution in [2.24, 2.45) is 4.99 Å². The zero-order chi connectivity index (χ0) is 37.7. The topological polar surface area (TPSA) is 92.2 Å². The second kappa shape index (κ2) is 18.2. The summed E-state index contributed by atoms with van der Waals surface area (Å²) in [5.74, 6) is 0.735. The minimum atomic E-state index is -1.37. The van der Waals surface area contributed by atoms with Crippen molar-refractivity contribution >= 4 is 17.9 Å². The van der Waals surface area contributed by atoms with Crippen molar-refractivity contribution in [3.8, 4) is 16.9 Å². The second-order valence-electron chi connectivity index (χ2n) is 13.5. The first-order valence-corrected chi connectivity index (χ1v) is 18.7. The summed E-state index contributed by atoms with van der Waals surface area (Å²) >= 11 is 0. The molecule has 0 saturated heterocycles. The van der Waals surface area contributed by atoms with E-state index in [2.05, 4.69) is 59.4 Å². The Bertz CT molecular complexity index is 2120. The highest BCUT2D eigenvalue weighted by Crippen LogP contribution is 2.43. The van der Waals surface area contributed by atoms with E-state index >= 15 is 0 Å². The van der Waals surface area contributed by atoms with Crippen molar-refractivity contribution in [2.75, 3.05) is 19.8 Å². The predicted molar refractivity (Wildman–Crippen MR) is 220 cm³/mol. The molecule has 276 valence electrons. The van der Waals surface area contributed by atoms with Gasteiger partial charge in [-0.1, -0.05) is 158 Å². The molecule has 0 aliphatic carbocycles. The second-order valence-corrected chi connectivity index (χ2v) is 13.5. The Morgan fingerprint density at radius 3 is 1.91 bits per heavy atom. The molecule has 0 spiro atoms. The molecule has 1 aliphatic heterocycles. The third-order valence-corrected chi connectivity index (χ3v) is 9.80. The maximum absolute atomic E-state index is 14.9. The molecule has 7 rings (SSSR count). The lowest BCUT2D eigenvalue weighted by Crippen LogP contribution is -2.53. The van der Waals surface area contributed by atoms with Gasteiger partial charge in [0, 0.05) is 37.5 Å². The number of nitrogens with one attached hydrogen (secondary N) is 2. The van der Waals surface area contributed by atoms with Gasteiger partial charge in [0.2, 0.25) is 5.90 Å². The van der Waals surface area contributed by atoms with Gasteiger partial charge in [-0.15, -0.1) is 0 Å². The van der Waals surface area contributed by atoms with E-state index in [9.17, 15) is 9.90 Å². The molecule has 0 saturated carbocycles. The van der Waals surface area contributed by atoms with Crippen LogP contribution in [-0.2, 0) is 9.53 Å². The van der Waals surface area contributed by atoms with Crippen molar-refractivity contribution < 1.29 is 19.4 Å². The van der Waals surface area contributed by atoms with Crippen molar-refractivity contribution in [2.45, 2.75) is 30.4 Å². The summed E-state index contributed by atoms with van der Waals surface area (Å²) in [7, 11) is 0. The minimum Gasteiger partial charge on any atom is -0.494 e. The lowest BCUT2D eigenvalue weighted by Gasteiger charge is -2.30. The SMILES string of the molecule is O=C(NNCC(c1ccccc1)c1ccccc1)[C@@]1(C/C=C/c2ccccc2)N=C(c2ccc(OCCCO)cc2)O[C@H]1c1ccc(-c2ccccc2)cc1. The minimum absolute atomic E-state index is 0.00467. The van der Waals surface area contributed by atoms with Crippen LogP contribution in [0.15, 0.2) is 181 Å². The van der Waals surface area contributed by atoms with Gasteiger partial charge in [0.25, 0.3) is 5.91 Å². The third kappa shape index (κ3) is 9.10. The smallest absolute Gasteiger partial charge is 0.266 e. The van der Waals surface area contributed by atoms with E-state index < -0.39 is 11.6 Å². The maximum Gasteiger partial charge on any atom is 0.266 e. The van der Waals surface area contributed by atoms with Crippen LogP contribution in [-0.4, -0.2) is 42.2 Å². The molecule has 1 heterocycles. The number of rotatable bonds is 16. The number of nitrogens with zero attached hydrogens (tertiary/aromatic N) is 1. The van der Waals surface area contributed by atoms with Gasteiger partial charge in [-0.2, -0.15) is 0 Å². The third-order valence-electron chi connectivity index (χ3n) is 9.80. The molecule has 6 aromatic carbocycles. The quantitative estimate of drug-likeness (QED) is 0.0685. The zero-order valence-corrected chi connectivity index (χ0v) is 30.6. The number of ether oxygens (including phenoxy) is 2. The summed E-state index contributed by atoms with van der Waals surface area (Å²) in [6.45, 7) is 0.933. The van der Waals surface area contributed by atoms with Gasteiger partial charge >= 0.3 is 0 Å². The fourth-order valence-electron chi connectivity index (χ4n) is 6.88. The van der Waals surface area contributed by atoms with E-state index in [1.165, 1.54) is 0 Å². The number of aliphatic hydroxyl groups excluding tert-OH is 1.